The highest BCUT2D eigenvalue weighted by molar-refractivity contribution is 5.56. The van der Waals surface area contributed by atoms with Gasteiger partial charge in [-0.05, 0) is 39.4 Å². The van der Waals surface area contributed by atoms with Crippen molar-refractivity contribution in [2.45, 2.75) is 39.2 Å². The molecule has 1 aromatic heterocycles. The van der Waals surface area contributed by atoms with Gasteiger partial charge in [-0.2, -0.15) is 4.98 Å². The van der Waals surface area contributed by atoms with Crippen LogP contribution in [0.5, 0.6) is 5.75 Å². The van der Waals surface area contributed by atoms with Crippen LogP contribution in [0.3, 0.4) is 0 Å². The van der Waals surface area contributed by atoms with E-state index in [0.29, 0.717) is 18.3 Å². The number of nitrogens with zero attached hydrogens (tertiary/aromatic N) is 2. The number of ether oxygens (including phenoxy) is 1. The highest BCUT2D eigenvalue weighted by atomic mass is 16.5. The molecule has 0 saturated carbocycles. The van der Waals surface area contributed by atoms with E-state index in [1.165, 1.54) is 0 Å². The molecule has 0 aliphatic heterocycles. The average Bonchev–Trinajstić information content (AvgIpc) is 2.98. The first kappa shape index (κ1) is 15.5. The second kappa shape index (κ2) is 7.22. The summed E-state index contributed by atoms with van der Waals surface area (Å²) < 4.78 is 11.0. The highest BCUT2D eigenvalue weighted by Crippen LogP contribution is 2.26. The van der Waals surface area contributed by atoms with Crippen LogP contribution >= 0.6 is 0 Å². The molecule has 114 valence electrons. The largest absolute Gasteiger partial charge is 0.494 e. The topological polar surface area (TPSA) is 60.2 Å². The summed E-state index contributed by atoms with van der Waals surface area (Å²) >= 11 is 0. The second-order valence-corrected chi connectivity index (χ2v) is 5.01. The number of hydrogen-bond acceptors (Lipinski definition) is 5. The standard InChI is InChI=1S/C16H23N3O2/c1-5-14(11(3)17-4)16-18-15(19-21-16)12-8-7-9-13(10-12)20-6-2/h7-11,14,17H,5-6H2,1-4H3. The Hall–Kier alpha value is -1.88. The third kappa shape index (κ3) is 3.61. The van der Waals surface area contributed by atoms with E-state index in [4.69, 9.17) is 9.26 Å². The molecule has 5 nitrogen and oxygen atoms in total. The quantitative estimate of drug-likeness (QED) is 0.848. The fourth-order valence-electron chi connectivity index (χ4n) is 2.34. The zero-order valence-electron chi connectivity index (χ0n) is 13.1. The SMILES string of the molecule is CCOc1cccc(-c2noc(C(CC)C(C)NC)n2)c1. The molecule has 0 radical (unpaired) electrons. The molecule has 1 N–H and O–H groups in total. The van der Waals surface area contributed by atoms with Gasteiger partial charge in [-0.15, -0.1) is 0 Å². The minimum Gasteiger partial charge on any atom is -0.494 e. The zero-order valence-corrected chi connectivity index (χ0v) is 13.1. The lowest BCUT2D eigenvalue weighted by atomic mass is 9.98. The molecule has 0 spiro atoms. The van der Waals surface area contributed by atoms with Gasteiger partial charge in [0, 0.05) is 11.6 Å². The predicted octanol–water partition coefficient (Wildman–Crippen LogP) is 3.24. The van der Waals surface area contributed by atoms with Crippen molar-refractivity contribution in [2.24, 2.45) is 0 Å². The van der Waals surface area contributed by atoms with E-state index in [0.717, 1.165) is 17.7 Å². The maximum absolute atomic E-state index is 5.50. The Morgan fingerprint density at radius 3 is 2.81 bits per heavy atom. The van der Waals surface area contributed by atoms with Gasteiger partial charge in [0.1, 0.15) is 5.75 Å². The van der Waals surface area contributed by atoms with Gasteiger partial charge in [0.05, 0.1) is 12.5 Å². The summed E-state index contributed by atoms with van der Waals surface area (Å²) in [5, 5.41) is 7.35. The summed E-state index contributed by atoms with van der Waals surface area (Å²) in [5.41, 5.74) is 0.905. The Labute approximate surface area is 125 Å². The van der Waals surface area contributed by atoms with Crippen molar-refractivity contribution in [3.05, 3.63) is 30.2 Å². The minimum atomic E-state index is 0.214. The van der Waals surface area contributed by atoms with E-state index in [1.807, 2.05) is 38.2 Å². The molecule has 0 aliphatic rings. The van der Waals surface area contributed by atoms with Crippen molar-refractivity contribution in [3.63, 3.8) is 0 Å². The van der Waals surface area contributed by atoms with Crippen LogP contribution in [0.15, 0.2) is 28.8 Å². The molecule has 2 aromatic rings. The number of likely N-dealkylation sites (N-methyl/N-ethyl adjacent to an activating group) is 1. The highest BCUT2D eigenvalue weighted by Gasteiger charge is 2.23. The summed E-state index contributed by atoms with van der Waals surface area (Å²) in [6, 6.07) is 8.04. The fourth-order valence-corrected chi connectivity index (χ4v) is 2.34. The van der Waals surface area contributed by atoms with E-state index in [9.17, 15) is 0 Å². The first-order valence-corrected chi connectivity index (χ1v) is 7.43. The molecular weight excluding hydrogens is 266 g/mol. The van der Waals surface area contributed by atoms with Crippen LogP contribution in [0.2, 0.25) is 0 Å². The Balaban J connectivity index is 2.24. The first-order valence-electron chi connectivity index (χ1n) is 7.43. The minimum absolute atomic E-state index is 0.214. The molecule has 2 atom stereocenters. The molecule has 2 unspecified atom stereocenters. The lowest BCUT2D eigenvalue weighted by Crippen LogP contribution is -2.28. The summed E-state index contributed by atoms with van der Waals surface area (Å²) in [6.45, 7) is 6.84. The van der Waals surface area contributed by atoms with Crippen LogP contribution in [0.1, 0.15) is 39.0 Å². The summed E-state index contributed by atoms with van der Waals surface area (Å²) in [6.07, 6.45) is 0.947. The van der Waals surface area contributed by atoms with Gasteiger partial charge in [0.2, 0.25) is 11.7 Å². The van der Waals surface area contributed by atoms with Crippen LogP contribution in [0.25, 0.3) is 11.4 Å². The van der Waals surface area contributed by atoms with E-state index >= 15 is 0 Å². The number of hydrogen-bond donors (Lipinski definition) is 1. The third-order valence-corrected chi connectivity index (χ3v) is 3.66. The van der Waals surface area contributed by atoms with Gasteiger partial charge < -0.3 is 14.6 Å². The van der Waals surface area contributed by atoms with Crippen LogP contribution in [0.4, 0.5) is 0 Å². The molecule has 1 aromatic carbocycles. The maximum Gasteiger partial charge on any atom is 0.231 e. The lowest BCUT2D eigenvalue weighted by Gasteiger charge is -2.17. The van der Waals surface area contributed by atoms with Gasteiger partial charge in [-0.3, -0.25) is 0 Å². The molecule has 0 amide bonds. The maximum atomic E-state index is 5.50. The van der Waals surface area contributed by atoms with E-state index in [1.54, 1.807) is 0 Å². The molecule has 0 aliphatic carbocycles. The van der Waals surface area contributed by atoms with E-state index in [2.05, 4.69) is 29.3 Å². The number of rotatable bonds is 7. The third-order valence-electron chi connectivity index (χ3n) is 3.66. The Bertz CT molecular complexity index is 568. The molecule has 0 bridgehead atoms. The van der Waals surface area contributed by atoms with Crippen LogP contribution in [-0.2, 0) is 0 Å². The fraction of sp³-hybridized carbons (Fsp3) is 0.500. The van der Waals surface area contributed by atoms with Gasteiger partial charge >= 0.3 is 0 Å². The van der Waals surface area contributed by atoms with E-state index in [-0.39, 0.29) is 12.0 Å². The van der Waals surface area contributed by atoms with Crippen molar-refractivity contribution in [2.75, 3.05) is 13.7 Å². The lowest BCUT2D eigenvalue weighted by molar-refractivity contribution is 0.322. The second-order valence-electron chi connectivity index (χ2n) is 5.01. The molecular formula is C16H23N3O2. The predicted molar refractivity (Wildman–Crippen MR) is 82.5 cm³/mol. The number of nitrogens with one attached hydrogen (secondary N) is 1. The molecule has 2 rings (SSSR count). The normalized spacial score (nSPS) is 13.9. The average molecular weight is 289 g/mol. The van der Waals surface area contributed by atoms with Gasteiger partial charge in [0.15, 0.2) is 0 Å². The smallest absolute Gasteiger partial charge is 0.231 e. The number of aromatic nitrogens is 2. The van der Waals surface area contributed by atoms with Crippen molar-refractivity contribution >= 4 is 0 Å². The summed E-state index contributed by atoms with van der Waals surface area (Å²) in [7, 11) is 1.94. The molecule has 1 heterocycles. The van der Waals surface area contributed by atoms with Gasteiger partial charge in [-0.25, -0.2) is 0 Å². The molecule has 0 fully saturated rings. The monoisotopic (exact) mass is 289 g/mol. The summed E-state index contributed by atoms with van der Waals surface area (Å²) in [5.74, 6) is 2.31. The van der Waals surface area contributed by atoms with Crippen molar-refractivity contribution in [3.8, 4) is 17.1 Å². The van der Waals surface area contributed by atoms with Crippen molar-refractivity contribution < 1.29 is 9.26 Å². The zero-order chi connectivity index (χ0) is 15.2. The van der Waals surface area contributed by atoms with Gasteiger partial charge in [-0.1, -0.05) is 24.2 Å². The number of benzene rings is 1. The Morgan fingerprint density at radius 1 is 1.33 bits per heavy atom. The Kier molecular flexibility index (Phi) is 5.33. The van der Waals surface area contributed by atoms with Crippen molar-refractivity contribution in [1.29, 1.82) is 0 Å². The van der Waals surface area contributed by atoms with Crippen LogP contribution in [0, 0.1) is 0 Å². The molecule has 21 heavy (non-hydrogen) atoms. The molecule has 0 saturated heterocycles. The van der Waals surface area contributed by atoms with Crippen molar-refractivity contribution in [1.82, 2.24) is 15.5 Å². The van der Waals surface area contributed by atoms with Crippen LogP contribution < -0.4 is 10.1 Å². The van der Waals surface area contributed by atoms with Crippen LogP contribution in [-0.4, -0.2) is 29.8 Å². The summed E-state index contributed by atoms with van der Waals surface area (Å²) in [4.78, 5) is 4.55. The van der Waals surface area contributed by atoms with Gasteiger partial charge in [0.25, 0.3) is 0 Å². The molecule has 5 heteroatoms. The Morgan fingerprint density at radius 2 is 2.14 bits per heavy atom. The first-order chi connectivity index (χ1) is 10.2. The van der Waals surface area contributed by atoms with E-state index < -0.39 is 0 Å².